The van der Waals surface area contributed by atoms with Crippen LogP contribution in [-0.4, -0.2) is 17.9 Å². The van der Waals surface area contributed by atoms with Crippen LogP contribution in [0.1, 0.15) is 12.7 Å². The van der Waals surface area contributed by atoms with Crippen molar-refractivity contribution in [1.29, 1.82) is 0 Å². The van der Waals surface area contributed by atoms with Crippen molar-refractivity contribution >= 4 is 28.0 Å². The molecule has 1 heterocycles. The van der Waals surface area contributed by atoms with Gasteiger partial charge in [-0.05, 0) is 25.1 Å². The lowest BCUT2D eigenvalue weighted by Crippen LogP contribution is -2.08. The van der Waals surface area contributed by atoms with Gasteiger partial charge in [-0.25, -0.2) is 4.79 Å². The molecular formula is C10H11BrO3. The minimum absolute atomic E-state index is 0.319. The maximum absolute atomic E-state index is 11.3. The number of alkyl halides is 1. The van der Waals surface area contributed by atoms with Gasteiger partial charge in [0.05, 0.1) is 18.4 Å². The molecule has 0 saturated heterocycles. The zero-order chi connectivity index (χ0) is 10.4. The molecule has 0 aliphatic carbocycles. The van der Waals surface area contributed by atoms with Gasteiger partial charge in [0.2, 0.25) is 0 Å². The first-order valence-corrected chi connectivity index (χ1v) is 5.37. The predicted octanol–water partition coefficient (Wildman–Crippen LogP) is 2.62. The van der Waals surface area contributed by atoms with Crippen molar-refractivity contribution in [3.63, 3.8) is 0 Å². The summed E-state index contributed by atoms with van der Waals surface area (Å²) in [5, 5.41) is 0.451. The summed E-state index contributed by atoms with van der Waals surface area (Å²) in [6, 6.07) is 3.55. The van der Waals surface area contributed by atoms with Crippen molar-refractivity contribution in [3.8, 4) is 0 Å². The third-order valence-corrected chi connectivity index (χ3v) is 2.15. The summed E-state index contributed by atoms with van der Waals surface area (Å²) in [6.07, 6.45) is 3.22. The fraction of sp³-hybridized carbons (Fsp3) is 0.300. The Morgan fingerprint density at radius 3 is 3.00 bits per heavy atom. The van der Waals surface area contributed by atoms with E-state index in [0.717, 1.165) is 0 Å². The Kier molecular flexibility index (Phi) is 4.46. The highest BCUT2D eigenvalue weighted by atomic mass is 79.9. The molecule has 0 aliphatic heterocycles. The van der Waals surface area contributed by atoms with E-state index in [9.17, 15) is 4.79 Å². The molecule has 0 amide bonds. The number of hydrogen-bond donors (Lipinski definition) is 0. The van der Waals surface area contributed by atoms with Crippen molar-refractivity contribution in [2.45, 2.75) is 6.92 Å². The highest BCUT2D eigenvalue weighted by Crippen LogP contribution is 2.11. The maximum Gasteiger partial charge on any atom is 0.334 e. The normalized spacial score (nSPS) is 11.4. The van der Waals surface area contributed by atoms with Gasteiger partial charge in [0, 0.05) is 5.33 Å². The molecule has 76 valence electrons. The molecule has 0 saturated carbocycles. The highest BCUT2D eigenvalue weighted by molar-refractivity contribution is 9.09. The van der Waals surface area contributed by atoms with Gasteiger partial charge >= 0.3 is 5.97 Å². The second kappa shape index (κ2) is 5.65. The van der Waals surface area contributed by atoms with Crippen molar-refractivity contribution in [2.24, 2.45) is 0 Å². The van der Waals surface area contributed by atoms with Crippen LogP contribution in [-0.2, 0) is 9.53 Å². The smallest absolute Gasteiger partial charge is 0.334 e. The molecule has 14 heavy (non-hydrogen) atoms. The lowest BCUT2D eigenvalue weighted by Gasteiger charge is -2.02. The molecule has 0 unspecified atom stereocenters. The van der Waals surface area contributed by atoms with E-state index >= 15 is 0 Å². The summed E-state index contributed by atoms with van der Waals surface area (Å²) in [5.74, 6) is 0.327. The molecule has 0 spiro atoms. The largest absolute Gasteiger partial charge is 0.465 e. The summed E-state index contributed by atoms with van der Waals surface area (Å²) < 4.78 is 9.95. The standard InChI is InChI=1S/C10H11BrO3/c1-2-13-10(12)8(7-11)6-9-4-3-5-14-9/h3-6H,2,7H2,1H3/b8-6-. The summed E-state index contributed by atoms with van der Waals surface area (Å²) in [4.78, 5) is 11.3. The molecule has 0 radical (unpaired) electrons. The number of esters is 1. The van der Waals surface area contributed by atoms with Gasteiger partial charge in [-0.1, -0.05) is 15.9 Å². The molecule has 0 N–H and O–H groups in total. The monoisotopic (exact) mass is 258 g/mol. The van der Waals surface area contributed by atoms with E-state index < -0.39 is 0 Å². The number of carbonyl (C=O) groups excluding carboxylic acids is 1. The molecule has 1 aromatic heterocycles. The Bertz CT molecular complexity index is 314. The minimum atomic E-state index is -0.319. The number of hydrogen-bond acceptors (Lipinski definition) is 3. The number of rotatable bonds is 4. The van der Waals surface area contributed by atoms with E-state index in [-0.39, 0.29) is 5.97 Å². The van der Waals surface area contributed by atoms with Crippen molar-refractivity contribution < 1.29 is 13.9 Å². The summed E-state index contributed by atoms with van der Waals surface area (Å²) in [6.45, 7) is 2.15. The van der Waals surface area contributed by atoms with Crippen LogP contribution in [0.5, 0.6) is 0 Å². The quantitative estimate of drug-likeness (QED) is 0.474. The van der Waals surface area contributed by atoms with Gasteiger partial charge in [-0.2, -0.15) is 0 Å². The second-order valence-electron chi connectivity index (χ2n) is 2.54. The first-order valence-electron chi connectivity index (χ1n) is 4.25. The molecule has 0 atom stereocenters. The Morgan fingerprint density at radius 2 is 2.50 bits per heavy atom. The van der Waals surface area contributed by atoms with Crippen LogP contribution in [0.3, 0.4) is 0 Å². The first kappa shape index (κ1) is 11.0. The van der Waals surface area contributed by atoms with Gasteiger partial charge in [0.15, 0.2) is 0 Å². The third-order valence-electron chi connectivity index (χ3n) is 1.54. The van der Waals surface area contributed by atoms with E-state index in [4.69, 9.17) is 9.15 Å². The van der Waals surface area contributed by atoms with E-state index in [0.29, 0.717) is 23.3 Å². The lowest BCUT2D eigenvalue weighted by atomic mass is 10.2. The van der Waals surface area contributed by atoms with Crippen LogP contribution in [0.4, 0.5) is 0 Å². The Hall–Kier alpha value is -1.03. The summed E-state index contributed by atoms with van der Waals surface area (Å²) in [7, 11) is 0. The van der Waals surface area contributed by atoms with Crippen molar-refractivity contribution in [1.82, 2.24) is 0 Å². The number of carbonyl (C=O) groups is 1. The van der Waals surface area contributed by atoms with Crippen molar-refractivity contribution in [3.05, 3.63) is 29.7 Å². The van der Waals surface area contributed by atoms with E-state index in [1.807, 2.05) is 0 Å². The van der Waals surface area contributed by atoms with E-state index in [2.05, 4.69) is 15.9 Å². The van der Waals surface area contributed by atoms with Crippen LogP contribution in [0.15, 0.2) is 28.4 Å². The average Bonchev–Trinajstić information content (AvgIpc) is 2.66. The average molecular weight is 259 g/mol. The zero-order valence-corrected chi connectivity index (χ0v) is 9.41. The zero-order valence-electron chi connectivity index (χ0n) is 7.83. The molecule has 0 fully saturated rings. The summed E-state index contributed by atoms with van der Waals surface area (Å²) in [5.41, 5.74) is 0.543. The van der Waals surface area contributed by atoms with Gasteiger partial charge in [-0.15, -0.1) is 0 Å². The van der Waals surface area contributed by atoms with Crippen molar-refractivity contribution in [2.75, 3.05) is 11.9 Å². The maximum atomic E-state index is 11.3. The lowest BCUT2D eigenvalue weighted by molar-refractivity contribution is -0.138. The highest BCUT2D eigenvalue weighted by Gasteiger charge is 2.09. The van der Waals surface area contributed by atoms with Crippen LogP contribution >= 0.6 is 15.9 Å². The van der Waals surface area contributed by atoms with Gasteiger partial charge in [-0.3, -0.25) is 0 Å². The SMILES string of the molecule is CCOC(=O)/C(=C\c1ccco1)CBr. The van der Waals surface area contributed by atoms with Crippen LogP contribution in [0, 0.1) is 0 Å². The molecule has 0 bridgehead atoms. The van der Waals surface area contributed by atoms with Crippen LogP contribution < -0.4 is 0 Å². The second-order valence-corrected chi connectivity index (χ2v) is 3.10. The molecule has 0 aliphatic rings. The van der Waals surface area contributed by atoms with Crippen LogP contribution in [0.25, 0.3) is 6.08 Å². The molecule has 1 rings (SSSR count). The topological polar surface area (TPSA) is 39.4 Å². The van der Waals surface area contributed by atoms with Crippen LogP contribution in [0.2, 0.25) is 0 Å². The molecular weight excluding hydrogens is 248 g/mol. The number of halogens is 1. The van der Waals surface area contributed by atoms with Gasteiger partial charge in [0.25, 0.3) is 0 Å². The third kappa shape index (κ3) is 3.03. The van der Waals surface area contributed by atoms with E-state index in [1.54, 1.807) is 31.4 Å². The number of furan rings is 1. The molecule has 0 aromatic carbocycles. The Balaban J connectivity index is 2.75. The number of ether oxygens (including phenoxy) is 1. The Morgan fingerprint density at radius 1 is 1.71 bits per heavy atom. The van der Waals surface area contributed by atoms with E-state index in [1.165, 1.54) is 0 Å². The first-order chi connectivity index (χ1) is 6.77. The predicted molar refractivity (Wildman–Crippen MR) is 57.1 cm³/mol. The molecule has 1 aromatic rings. The fourth-order valence-corrected chi connectivity index (χ4v) is 1.31. The molecule has 3 nitrogen and oxygen atoms in total. The Labute approximate surface area is 90.9 Å². The summed E-state index contributed by atoms with van der Waals surface area (Å²) >= 11 is 3.22. The minimum Gasteiger partial charge on any atom is -0.465 e. The van der Waals surface area contributed by atoms with Gasteiger partial charge < -0.3 is 9.15 Å². The van der Waals surface area contributed by atoms with Gasteiger partial charge in [0.1, 0.15) is 5.76 Å². The molecule has 4 heteroatoms. The fourth-order valence-electron chi connectivity index (χ4n) is 0.921.